The zero-order chi connectivity index (χ0) is 11.0. The number of aromatic hydroxyl groups is 1. The molecule has 0 aliphatic carbocycles. The van der Waals surface area contributed by atoms with Gasteiger partial charge in [0.05, 0.1) is 0 Å². The van der Waals surface area contributed by atoms with Crippen molar-refractivity contribution in [1.29, 1.82) is 5.41 Å². The molecule has 0 bridgehead atoms. The second kappa shape index (κ2) is 3.27. The lowest BCUT2D eigenvalue weighted by atomic mass is 10.1. The van der Waals surface area contributed by atoms with Crippen LogP contribution in [0.4, 0.5) is 4.79 Å². The molecule has 1 aromatic rings. The van der Waals surface area contributed by atoms with Crippen molar-refractivity contribution in [3.63, 3.8) is 0 Å². The summed E-state index contributed by atoms with van der Waals surface area (Å²) in [5.74, 6) is 0.332. The van der Waals surface area contributed by atoms with E-state index in [0.717, 1.165) is 5.56 Å². The van der Waals surface area contributed by atoms with Gasteiger partial charge < -0.3 is 10.0 Å². The van der Waals surface area contributed by atoms with Gasteiger partial charge in [0.1, 0.15) is 17.6 Å². The van der Waals surface area contributed by atoms with Gasteiger partial charge in [0.25, 0.3) is 0 Å². The Morgan fingerprint density at radius 3 is 2.47 bits per heavy atom. The highest BCUT2D eigenvalue weighted by Gasteiger charge is 2.33. The summed E-state index contributed by atoms with van der Waals surface area (Å²) in [4.78, 5) is 12.7. The zero-order valence-electron chi connectivity index (χ0n) is 8.19. The molecule has 5 nitrogen and oxygen atoms in total. The average Bonchev–Trinajstić information content (AvgIpc) is 2.44. The van der Waals surface area contributed by atoms with Crippen LogP contribution in [0.15, 0.2) is 24.3 Å². The standard InChI is InChI=1S/C10H11N3O2/c1-13-8(9(11)12-10(13)15)6-2-4-7(14)5-3-6/h2-5,8,14H,1H3,(H2,11,12,15). The Bertz CT molecular complexity index is 413. The molecule has 1 unspecified atom stereocenters. The van der Waals surface area contributed by atoms with Crippen LogP contribution >= 0.6 is 0 Å². The second-order valence-corrected chi connectivity index (χ2v) is 3.45. The van der Waals surface area contributed by atoms with Gasteiger partial charge in [0.15, 0.2) is 0 Å². The molecule has 1 aliphatic rings. The average molecular weight is 205 g/mol. The molecule has 1 heterocycles. The quantitative estimate of drug-likeness (QED) is 0.641. The molecule has 5 heteroatoms. The van der Waals surface area contributed by atoms with E-state index >= 15 is 0 Å². The smallest absolute Gasteiger partial charge is 0.323 e. The number of amidine groups is 1. The summed E-state index contributed by atoms with van der Waals surface area (Å²) < 4.78 is 0. The van der Waals surface area contributed by atoms with Crippen LogP contribution in [0.3, 0.4) is 0 Å². The number of carbonyl (C=O) groups excluding carboxylic acids is 1. The molecule has 1 aliphatic heterocycles. The summed E-state index contributed by atoms with van der Waals surface area (Å²) in [5, 5.41) is 19.2. The lowest BCUT2D eigenvalue weighted by Crippen LogP contribution is -2.25. The van der Waals surface area contributed by atoms with Gasteiger partial charge in [0, 0.05) is 7.05 Å². The number of nitrogens with one attached hydrogen (secondary N) is 2. The number of urea groups is 1. The maximum absolute atomic E-state index is 11.3. The van der Waals surface area contributed by atoms with Crippen LogP contribution in [0.5, 0.6) is 5.75 Å². The van der Waals surface area contributed by atoms with E-state index in [4.69, 9.17) is 10.5 Å². The molecular formula is C10H11N3O2. The van der Waals surface area contributed by atoms with E-state index in [1.807, 2.05) is 0 Å². The van der Waals surface area contributed by atoms with Gasteiger partial charge in [-0.15, -0.1) is 0 Å². The fraction of sp³-hybridized carbons (Fsp3) is 0.200. The van der Waals surface area contributed by atoms with Gasteiger partial charge in [-0.25, -0.2) is 4.79 Å². The van der Waals surface area contributed by atoms with E-state index in [9.17, 15) is 4.79 Å². The molecule has 0 radical (unpaired) electrons. The number of carbonyl (C=O) groups is 1. The van der Waals surface area contributed by atoms with Gasteiger partial charge in [-0.1, -0.05) is 12.1 Å². The Balaban J connectivity index is 2.34. The Morgan fingerprint density at radius 1 is 1.40 bits per heavy atom. The van der Waals surface area contributed by atoms with Gasteiger partial charge in [-0.2, -0.15) is 0 Å². The molecule has 2 amide bonds. The van der Waals surface area contributed by atoms with Crippen molar-refractivity contribution in [1.82, 2.24) is 10.2 Å². The highest BCUT2D eigenvalue weighted by atomic mass is 16.3. The van der Waals surface area contributed by atoms with Crippen LogP contribution in [0.1, 0.15) is 11.6 Å². The summed E-state index contributed by atoms with van der Waals surface area (Å²) in [6.45, 7) is 0. The van der Waals surface area contributed by atoms with E-state index < -0.39 is 0 Å². The fourth-order valence-electron chi connectivity index (χ4n) is 1.63. The number of hydrogen-bond acceptors (Lipinski definition) is 3. The molecule has 1 aromatic carbocycles. The first-order valence-electron chi connectivity index (χ1n) is 4.51. The third-order valence-electron chi connectivity index (χ3n) is 2.43. The van der Waals surface area contributed by atoms with E-state index in [0.29, 0.717) is 0 Å². The predicted octanol–water partition coefficient (Wildman–Crippen LogP) is 1.07. The number of nitrogens with zero attached hydrogens (tertiary/aromatic N) is 1. The van der Waals surface area contributed by atoms with Crippen LogP contribution in [-0.2, 0) is 0 Å². The van der Waals surface area contributed by atoms with Crippen LogP contribution in [0.25, 0.3) is 0 Å². The van der Waals surface area contributed by atoms with Crippen molar-refractivity contribution < 1.29 is 9.90 Å². The van der Waals surface area contributed by atoms with Gasteiger partial charge in [-0.3, -0.25) is 10.7 Å². The van der Waals surface area contributed by atoms with Crippen molar-refractivity contribution in [2.75, 3.05) is 7.05 Å². The molecule has 2 rings (SSSR count). The predicted molar refractivity (Wildman–Crippen MR) is 54.9 cm³/mol. The first-order valence-corrected chi connectivity index (χ1v) is 4.51. The minimum Gasteiger partial charge on any atom is -0.508 e. The summed E-state index contributed by atoms with van der Waals surface area (Å²) in [6, 6.07) is 5.82. The van der Waals surface area contributed by atoms with Crippen LogP contribution in [0, 0.1) is 5.41 Å². The highest BCUT2D eigenvalue weighted by Crippen LogP contribution is 2.25. The molecule has 15 heavy (non-hydrogen) atoms. The minimum absolute atomic E-state index is 0.160. The lowest BCUT2D eigenvalue weighted by Gasteiger charge is -2.17. The topological polar surface area (TPSA) is 76.4 Å². The van der Waals surface area contributed by atoms with Crippen molar-refractivity contribution in [2.24, 2.45) is 0 Å². The Morgan fingerprint density at radius 2 is 2.00 bits per heavy atom. The third-order valence-corrected chi connectivity index (χ3v) is 2.43. The molecule has 1 atom stereocenters. The molecule has 1 saturated heterocycles. The maximum Gasteiger partial charge on any atom is 0.323 e. The molecule has 78 valence electrons. The Labute approximate surface area is 86.8 Å². The minimum atomic E-state index is -0.377. The Hall–Kier alpha value is -2.04. The summed E-state index contributed by atoms with van der Waals surface area (Å²) in [7, 11) is 1.63. The van der Waals surface area contributed by atoms with Crippen LogP contribution < -0.4 is 5.32 Å². The first-order chi connectivity index (χ1) is 7.09. The highest BCUT2D eigenvalue weighted by molar-refractivity contribution is 6.05. The van der Waals surface area contributed by atoms with E-state index in [2.05, 4.69) is 5.32 Å². The van der Waals surface area contributed by atoms with Gasteiger partial charge in [0.2, 0.25) is 0 Å². The maximum atomic E-state index is 11.3. The molecule has 3 N–H and O–H groups in total. The van der Waals surface area contributed by atoms with E-state index in [1.54, 1.807) is 31.3 Å². The van der Waals surface area contributed by atoms with Gasteiger partial charge in [-0.05, 0) is 17.7 Å². The van der Waals surface area contributed by atoms with E-state index in [-0.39, 0.29) is 23.7 Å². The van der Waals surface area contributed by atoms with Crippen LogP contribution in [-0.4, -0.2) is 28.9 Å². The number of rotatable bonds is 1. The molecule has 0 aromatic heterocycles. The summed E-state index contributed by atoms with van der Waals surface area (Å²) >= 11 is 0. The monoisotopic (exact) mass is 205 g/mol. The molecule has 1 fully saturated rings. The number of amides is 2. The van der Waals surface area contributed by atoms with Crippen molar-refractivity contribution in [3.05, 3.63) is 29.8 Å². The van der Waals surface area contributed by atoms with Crippen LogP contribution in [0.2, 0.25) is 0 Å². The van der Waals surface area contributed by atoms with Crippen molar-refractivity contribution in [2.45, 2.75) is 6.04 Å². The fourth-order valence-corrected chi connectivity index (χ4v) is 1.63. The molecule has 0 spiro atoms. The zero-order valence-corrected chi connectivity index (χ0v) is 8.19. The van der Waals surface area contributed by atoms with E-state index in [1.165, 1.54) is 4.90 Å². The molecule has 0 saturated carbocycles. The van der Waals surface area contributed by atoms with Gasteiger partial charge >= 0.3 is 6.03 Å². The lowest BCUT2D eigenvalue weighted by molar-refractivity contribution is 0.217. The SMILES string of the molecule is CN1C(=O)NC(=N)C1c1ccc(O)cc1. The largest absolute Gasteiger partial charge is 0.508 e. The first kappa shape index (κ1) is 9.51. The number of hydrogen-bond donors (Lipinski definition) is 3. The second-order valence-electron chi connectivity index (χ2n) is 3.45. The number of likely N-dealkylation sites (N-methyl/N-ethyl adjacent to an activating group) is 1. The normalized spacial score (nSPS) is 20.6. The van der Waals surface area contributed by atoms with Crippen molar-refractivity contribution in [3.8, 4) is 5.75 Å². The number of benzene rings is 1. The summed E-state index contributed by atoms with van der Waals surface area (Å²) in [5.41, 5.74) is 0.804. The Kier molecular flexibility index (Phi) is 2.07. The van der Waals surface area contributed by atoms with Crippen molar-refractivity contribution >= 4 is 11.9 Å². The summed E-state index contributed by atoms with van der Waals surface area (Å²) in [6.07, 6.45) is 0. The number of phenolic OH excluding ortho intramolecular Hbond substituents is 1. The third kappa shape index (κ3) is 1.52. The molecular weight excluding hydrogens is 194 g/mol. The number of phenols is 1.